The van der Waals surface area contributed by atoms with E-state index in [0.29, 0.717) is 5.56 Å². The molecule has 0 aromatic heterocycles. The van der Waals surface area contributed by atoms with Crippen molar-refractivity contribution < 1.29 is 14.7 Å². The summed E-state index contributed by atoms with van der Waals surface area (Å²) in [4.78, 5) is 25.1. The average Bonchev–Trinajstić information content (AvgIpc) is 2.51. The first-order valence-corrected chi connectivity index (χ1v) is 7.15. The Morgan fingerprint density at radius 1 is 1.00 bits per heavy atom. The number of carbonyl (C=O) groups excluding carboxylic acids is 1. The van der Waals surface area contributed by atoms with Crippen LogP contribution in [-0.2, 0) is 4.79 Å². The molecule has 0 fully saturated rings. The molecule has 4 nitrogen and oxygen atoms in total. The summed E-state index contributed by atoms with van der Waals surface area (Å²) in [7, 11) is 0. The molecule has 0 aliphatic heterocycles. The summed E-state index contributed by atoms with van der Waals surface area (Å²) in [6.45, 7) is 4.12. The third kappa shape index (κ3) is 3.73. The molecule has 114 valence electrons. The van der Waals surface area contributed by atoms with E-state index in [1.165, 1.54) is 4.90 Å². The van der Waals surface area contributed by atoms with Crippen LogP contribution in [0.2, 0.25) is 0 Å². The number of hydrogen-bond donors (Lipinski definition) is 1. The Bertz CT molecular complexity index is 680. The molecule has 0 spiro atoms. The number of aliphatic carboxylic acids is 1. The number of amides is 1. The number of rotatable bonds is 5. The average molecular weight is 297 g/mol. The molecular formula is C18H19NO3. The first-order valence-electron chi connectivity index (χ1n) is 7.15. The monoisotopic (exact) mass is 297 g/mol. The summed E-state index contributed by atoms with van der Waals surface area (Å²) in [5.74, 6) is -1.11. The zero-order valence-corrected chi connectivity index (χ0v) is 12.7. The zero-order chi connectivity index (χ0) is 16.1. The third-order valence-corrected chi connectivity index (χ3v) is 3.62. The number of aryl methyl sites for hydroxylation is 2. The van der Waals surface area contributed by atoms with E-state index in [0.717, 1.165) is 16.8 Å². The van der Waals surface area contributed by atoms with E-state index in [2.05, 4.69) is 0 Å². The SMILES string of the molecule is Cc1ccc(N(CCC(=O)O)C(=O)c2ccccc2)cc1C. The van der Waals surface area contributed by atoms with Crippen LogP contribution >= 0.6 is 0 Å². The van der Waals surface area contributed by atoms with E-state index in [4.69, 9.17) is 5.11 Å². The van der Waals surface area contributed by atoms with Crippen LogP contribution in [0.5, 0.6) is 0 Å². The minimum atomic E-state index is -0.922. The molecule has 1 amide bonds. The molecular weight excluding hydrogens is 278 g/mol. The summed E-state index contributed by atoms with van der Waals surface area (Å²) < 4.78 is 0. The Hall–Kier alpha value is -2.62. The van der Waals surface area contributed by atoms with Crippen molar-refractivity contribution in [2.24, 2.45) is 0 Å². The van der Waals surface area contributed by atoms with Crippen LogP contribution in [0, 0.1) is 13.8 Å². The molecule has 0 saturated heterocycles. The van der Waals surface area contributed by atoms with Crippen molar-refractivity contribution in [1.82, 2.24) is 0 Å². The van der Waals surface area contributed by atoms with Gasteiger partial charge in [0, 0.05) is 17.8 Å². The molecule has 0 unspecified atom stereocenters. The van der Waals surface area contributed by atoms with Gasteiger partial charge in [-0.25, -0.2) is 0 Å². The van der Waals surface area contributed by atoms with Crippen LogP contribution in [0.1, 0.15) is 27.9 Å². The number of carbonyl (C=O) groups is 2. The van der Waals surface area contributed by atoms with Gasteiger partial charge < -0.3 is 10.0 Å². The van der Waals surface area contributed by atoms with Crippen LogP contribution in [-0.4, -0.2) is 23.5 Å². The lowest BCUT2D eigenvalue weighted by molar-refractivity contribution is -0.136. The minimum absolute atomic E-state index is 0.0918. The third-order valence-electron chi connectivity index (χ3n) is 3.62. The summed E-state index contributed by atoms with van der Waals surface area (Å²) in [5.41, 5.74) is 3.47. The van der Waals surface area contributed by atoms with Crippen LogP contribution in [0.15, 0.2) is 48.5 Å². The van der Waals surface area contributed by atoms with Crippen LogP contribution in [0.4, 0.5) is 5.69 Å². The Morgan fingerprint density at radius 3 is 2.27 bits per heavy atom. The maximum absolute atomic E-state index is 12.7. The van der Waals surface area contributed by atoms with E-state index < -0.39 is 5.97 Å². The summed E-state index contributed by atoms with van der Waals surface area (Å²) in [6, 6.07) is 14.6. The second kappa shape index (κ2) is 6.89. The summed E-state index contributed by atoms with van der Waals surface area (Å²) in [6.07, 6.45) is -0.0918. The highest BCUT2D eigenvalue weighted by Crippen LogP contribution is 2.21. The highest BCUT2D eigenvalue weighted by Gasteiger charge is 2.18. The van der Waals surface area contributed by atoms with Gasteiger partial charge in [0.2, 0.25) is 0 Å². The number of hydrogen-bond acceptors (Lipinski definition) is 2. The molecule has 2 aromatic rings. The quantitative estimate of drug-likeness (QED) is 0.920. The lowest BCUT2D eigenvalue weighted by Gasteiger charge is -2.23. The fourth-order valence-corrected chi connectivity index (χ4v) is 2.19. The van der Waals surface area contributed by atoms with Crippen molar-refractivity contribution >= 4 is 17.6 Å². The molecule has 0 aliphatic rings. The minimum Gasteiger partial charge on any atom is -0.481 e. The van der Waals surface area contributed by atoms with E-state index in [9.17, 15) is 9.59 Å². The first-order chi connectivity index (χ1) is 10.5. The second-order valence-corrected chi connectivity index (χ2v) is 5.24. The van der Waals surface area contributed by atoms with Gasteiger partial charge in [0.15, 0.2) is 0 Å². The van der Waals surface area contributed by atoms with Gasteiger partial charge in [-0.2, -0.15) is 0 Å². The van der Waals surface area contributed by atoms with Gasteiger partial charge in [0.1, 0.15) is 0 Å². The molecule has 22 heavy (non-hydrogen) atoms. The van der Waals surface area contributed by atoms with E-state index in [1.54, 1.807) is 24.3 Å². The van der Waals surface area contributed by atoms with Gasteiger partial charge in [-0.1, -0.05) is 24.3 Å². The van der Waals surface area contributed by atoms with Crippen molar-refractivity contribution in [1.29, 1.82) is 0 Å². The Morgan fingerprint density at radius 2 is 1.68 bits per heavy atom. The molecule has 0 atom stereocenters. The number of anilines is 1. The smallest absolute Gasteiger partial charge is 0.305 e. The van der Waals surface area contributed by atoms with Crippen molar-refractivity contribution in [3.63, 3.8) is 0 Å². The topological polar surface area (TPSA) is 57.6 Å². The Labute approximate surface area is 130 Å². The lowest BCUT2D eigenvalue weighted by Crippen LogP contribution is -2.33. The molecule has 0 radical (unpaired) electrons. The normalized spacial score (nSPS) is 10.3. The highest BCUT2D eigenvalue weighted by molar-refractivity contribution is 6.06. The number of benzene rings is 2. The Balaban J connectivity index is 2.35. The van der Waals surface area contributed by atoms with Gasteiger partial charge >= 0.3 is 5.97 Å². The highest BCUT2D eigenvalue weighted by atomic mass is 16.4. The van der Waals surface area contributed by atoms with Crippen molar-refractivity contribution in [3.8, 4) is 0 Å². The van der Waals surface area contributed by atoms with Crippen LogP contribution < -0.4 is 4.90 Å². The van der Waals surface area contributed by atoms with Crippen molar-refractivity contribution in [3.05, 3.63) is 65.2 Å². The van der Waals surface area contributed by atoms with Crippen LogP contribution in [0.25, 0.3) is 0 Å². The van der Waals surface area contributed by atoms with Gasteiger partial charge in [-0.05, 0) is 49.2 Å². The van der Waals surface area contributed by atoms with Crippen molar-refractivity contribution in [2.45, 2.75) is 20.3 Å². The predicted molar refractivity (Wildman–Crippen MR) is 86.3 cm³/mol. The fourth-order valence-electron chi connectivity index (χ4n) is 2.19. The summed E-state index contributed by atoms with van der Waals surface area (Å²) in [5, 5.41) is 8.92. The standard InChI is InChI=1S/C18H19NO3/c1-13-8-9-16(12-14(13)2)19(11-10-17(20)21)18(22)15-6-4-3-5-7-15/h3-9,12H,10-11H2,1-2H3,(H,20,21). The largest absolute Gasteiger partial charge is 0.481 e. The molecule has 0 saturated carbocycles. The van der Waals surface area contributed by atoms with Gasteiger partial charge in [-0.15, -0.1) is 0 Å². The molecule has 1 N–H and O–H groups in total. The molecule has 2 rings (SSSR count). The fraction of sp³-hybridized carbons (Fsp3) is 0.222. The zero-order valence-electron chi connectivity index (χ0n) is 12.7. The second-order valence-electron chi connectivity index (χ2n) is 5.24. The molecule has 4 heteroatoms. The van der Waals surface area contributed by atoms with Gasteiger partial charge in [0.25, 0.3) is 5.91 Å². The lowest BCUT2D eigenvalue weighted by atomic mass is 10.1. The van der Waals surface area contributed by atoms with Gasteiger partial charge in [0.05, 0.1) is 6.42 Å². The maximum atomic E-state index is 12.7. The van der Waals surface area contributed by atoms with E-state index in [1.807, 2.05) is 38.1 Å². The Kier molecular flexibility index (Phi) is 4.94. The van der Waals surface area contributed by atoms with Gasteiger partial charge in [-0.3, -0.25) is 9.59 Å². The van der Waals surface area contributed by atoms with E-state index in [-0.39, 0.29) is 18.9 Å². The van der Waals surface area contributed by atoms with E-state index >= 15 is 0 Å². The number of nitrogens with zero attached hydrogens (tertiary/aromatic N) is 1. The summed E-state index contributed by atoms with van der Waals surface area (Å²) >= 11 is 0. The predicted octanol–water partition coefficient (Wildman–Crippen LogP) is 3.42. The van der Waals surface area contributed by atoms with Crippen LogP contribution in [0.3, 0.4) is 0 Å². The molecule has 0 heterocycles. The molecule has 0 bridgehead atoms. The van der Waals surface area contributed by atoms with Crippen molar-refractivity contribution in [2.75, 3.05) is 11.4 Å². The number of carboxylic acid groups (broad SMARTS) is 1. The molecule has 0 aliphatic carbocycles. The maximum Gasteiger partial charge on any atom is 0.305 e. The molecule has 2 aromatic carbocycles. The first kappa shape index (κ1) is 15.8. The number of carboxylic acids is 1.